The van der Waals surface area contributed by atoms with Crippen LogP contribution in [0.1, 0.15) is 11.3 Å². The zero-order chi connectivity index (χ0) is 23.6. The number of ketones is 1. The van der Waals surface area contributed by atoms with Crippen molar-refractivity contribution in [1.82, 2.24) is 14.5 Å². The van der Waals surface area contributed by atoms with Gasteiger partial charge >= 0.3 is 6.18 Å². The van der Waals surface area contributed by atoms with Gasteiger partial charge in [0.15, 0.2) is 5.78 Å². The Morgan fingerprint density at radius 3 is 2.52 bits per heavy atom. The summed E-state index contributed by atoms with van der Waals surface area (Å²) in [5.41, 5.74) is 7.12. The molecule has 0 spiro atoms. The standard InChI is InChI=1S/C23H20F3N5O2/c1-31-21-7-6-18(33-19-8-9-28-16(11-19)10-17(32)13-27)12-20(21)30-22(31)29-15-4-2-14(3-5-15)23(24,25)26/h2-9,11-12H,10,13,27H2,1H3,(H,29,30). The van der Waals surface area contributed by atoms with Crippen LogP contribution in [0.4, 0.5) is 24.8 Å². The summed E-state index contributed by atoms with van der Waals surface area (Å²) >= 11 is 0. The van der Waals surface area contributed by atoms with E-state index >= 15 is 0 Å². The van der Waals surface area contributed by atoms with Gasteiger partial charge in [-0.3, -0.25) is 9.78 Å². The van der Waals surface area contributed by atoms with Gasteiger partial charge in [0.1, 0.15) is 11.5 Å². The Hall–Kier alpha value is -3.92. The van der Waals surface area contributed by atoms with Crippen molar-refractivity contribution in [2.45, 2.75) is 12.6 Å². The molecule has 2 aromatic carbocycles. The number of anilines is 2. The number of alkyl halides is 3. The van der Waals surface area contributed by atoms with E-state index in [2.05, 4.69) is 15.3 Å². The number of nitrogens with two attached hydrogens (primary N) is 1. The number of nitrogens with one attached hydrogen (secondary N) is 1. The van der Waals surface area contributed by atoms with Gasteiger partial charge in [-0.1, -0.05) is 0 Å². The number of carbonyl (C=O) groups excluding carboxylic acids is 1. The van der Waals surface area contributed by atoms with Crippen LogP contribution in [0.15, 0.2) is 60.8 Å². The fourth-order valence-corrected chi connectivity index (χ4v) is 3.25. The Bertz CT molecular complexity index is 1300. The molecule has 2 aromatic heterocycles. The third kappa shape index (κ3) is 5.12. The van der Waals surface area contributed by atoms with E-state index in [-0.39, 0.29) is 18.7 Å². The number of hydrogen-bond acceptors (Lipinski definition) is 6. The van der Waals surface area contributed by atoms with E-state index in [1.807, 2.05) is 6.07 Å². The Morgan fingerprint density at radius 1 is 1.09 bits per heavy atom. The molecular formula is C23H20F3N5O2. The van der Waals surface area contributed by atoms with Gasteiger partial charge in [0.25, 0.3) is 0 Å². The number of pyridine rings is 1. The maximum atomic E-state index is 12.8. The first-order valence-electron chi connectivity index (χ1n) is 9.98. The van der Waals surface area contributed by atoms with Crippen LogP contribution in [0.25, 0.3) is 11.0 Å². The molecule has 0 saturated carbocycles. The van der Waals surface area contributed by atoms with Crippen molar-refractivity contribution in [2.24, 2.45) is 12.8 Å². The van der Waals surface area contributed by atoms with Gasteiger partial charge in [-0.2, -0.15) is 13.2 Å². The molecule has 170 valence electrons. The number of rotatable bonds is 7. The van der Waals surface area contributed by atoms with Gasteiger partial charge in [-0.25, -0.2) is 4.98 Å². The maximum Gasteiger partial charge on any atom is 0.416 e. The van der Waals surface area contributed by atoms with E-state index in [0.29, 0.717) is 34.3 Å². The van der Waals surface area contributed by atoms with Gasteiger partial charge in [-0.05, 0) is 42.5 Å². The molecule has 0 radical (unpaired) electrons. The van der Waals surface area contributed by atoms with E-state index in [1.165, 1.54) is 12.1 Å². The molecule has 0 saturated heterocycles. The van der Waals surface area contributed by atoms with Gasteiger partial charge in [0.2, 0.25) is 5.95 Å². The SMILES string of the molecule is Cn1c(Nc2ccc(C(F)(F)F)cc2)nc2cc(Oc3ccnc(CC(=O)CN)c3)ccc21. The molecule has 0 aliphatic rings. The number of ether oxygens (including phenoxy) is 1. The summed E-state index contributed by atoms with van der Waals surface area (Å²) in [6.45, 7) is -0.0497. The number of aromatic nitrogens is 3. The van der Waals surface area contributed by atoms with Gasteiger partial charge in [0, 0.05) is 31.1 Å². The Balaban J connectivity index is 1.53. The van der Waals surface area contributed by atoms with E-state index < -0.39 is 11.7 Å². The second-order valence-electron chi connectivity index (χ2n) is 7.35. The lowest BCUT2D eigenvalue weighted by atomic mass is 10.2. The number of halogens is 3. The summed E-state index contributed by atoms with van der Waals surface area (Å²) in [6.07, 6.45) is -2.70. The minimum absolute atomic E-state index is 0.0497. The summed E-state index contributed by atoms with van der Waals surface area (Å²) in [6, 6.07) is 13.4. The smallest absolute Gasteiger partial charge is 0.416 e. The zero-order valence-electron chi connectivity index (χ0n) is 17.6. The molecule has 0 bridgehead atoms. The van der Waals surface area contributed by atoms with Crippen molar-refractivity contribution in [3.63, 3.8) is 0 Å². The zero-order valence-corrected chi connectivity index (χ0v) is 17.6. The fraction of sp³-hybridized carbons (Fsp3) is 0.174. The van der Waals surface area contributed by atoms with Gasteiger partial charge in [0.05, 0.1) is 35.3 Å². The summed E-state index contributed by atoms with van der Waals surface area (Å²) in [5.74, 6) is 1.39. The highest BCUT2D eigenvalue weighted by atomic mass is 19.4. The number of carbonyl (C=O) groups is 1. The largest absolute Gasteiger partial charge is 0.457 e. The third-order valence-corrected chi connectivity index (χ3v) is 4.95. The Kier molecular flexibility index (Phi) is 6.01. The normalized spacial score (nSPS) is 11.5. The fourth-order valence-electron chi connectivity index (χ4n) is 3.25. The summed E-state index contributed by atoms with van der Waals surface area (Å²) in [7, 11) is 1.80. The van der Waals surface area contributed by atoms with Crippen LogP contribution in [0.3, 0.4) is 0 Å². The molecule has 0 aliphatic carbocycles. The quantitative estimate of drug-likeness (QED) is 0.423. The number of fused-ring (bicyclic) bond motifs is 1. The average molecular weight is 455 g/mol. The first-order chi connectivity index (χ1) is 15.7. The van der Waals surface area contributed by atoms with Gasteiger partial charge < -0.3 is 20.4 Å². The summed E-state index contributed by atoms with van der Waals surface area (Å²) in [4.78, 5) is 20.2. The molecule has 10 heteroatoms. The van der Waals surface area contributed by atoms with Crippen molar-refractivity contribution in [1.29, 1.82) is 0 Å². The Morgan fingerprint density at radius 2 is 1.82 bits per heavy atom. The number of nitrogens with zero attached hydrogens (tertiary/aromatic N) is 3. The lowest BCUT2D eigenvalue weighted by molar-refractivity contribution is -0.137. The minimum atomic E-state index is -4.39. The van der Waals surface area contributed by atoms with Gasteiger partial charge in [-0.15, -0.1) is 0 Å². The number of hydrogen-bond donors (Lipinski definition) is 2. The van der Waals surface area contributed by atoms with Crippen LogP contribution in [-0.2, 0) is 24.4 Å². The summed E-state index contributed by atoms with van der Waals surface area (Å²) in [5, 5.41) is 3.03. The van der Waals surface area contributed by atoms with Crippen molar-refractivity contribution < 1.29 is 22.7 Å². The van der Waals surface area contributed by atoms with E-state index in [1.54, 1.807) is 42.1 Å². The van der Waals surface area contributed by atoms with E-state index in [9.17, 15) is 18.0 Å². The first-order valence-corrected chi connectivity index (χ1v) is 9.98. The highest BCUT2D eigenvalue weighted by Gasteiger charge is 2.30. The molecular weight excluding hydrogens is 435 g/mol. The van der Waals surface area contributed by atoms with Crippen LogP contribution in [0, 0.1) is 0 Å². The topological polar surface area (TPSA) is 95.1 Å². The molecule has 0 amide bonds. The number of aryl methyl sites for hydroxylation is 1. The summed E-state index contributed by atoms with van der Waals surface area (Å²) < 4.78 is 46.0. The van der Waals surface area contributed by atoms with Crippen LogP contribution in [0.2, 0.25) is 0 Å². The highest BCUT2D eigenvalue weighted by Crippen LogP contribution is 2.31. The van der Waals surface area contributed by atoms with Crippen LogP contribution in [-0.4, -0.2) is 26.9 Å². The molecule has 2 heterocycles. The lowest BCUT2D eigenvalue weighted by Gasteiger charge is -2.09. The van der Waals surface area contributed by atoms with Crippen molar-refractivity contribution >= 4 is 28.5 Å². The maximum absolute atomic E-state index is 12.8. The molecule has 33 heavy (non-hydrogen) atoms. The number of Topliss-reactive ketones (excluding diaryl/α,β-unsaturated/α-hetero) is 1. The molecule has 0 aliphatic heterocycles. The average Bonchev–Trinajstić information content (AvgIpc) is 3.08. The van der Waals surface area contributed by atoms with Crippen molar-refractivity contribution in [3.8, 4) is 11.5 Å². The van der Waals surface area contributed by atoms with Crippen molar-refractivity contribution in [3.05, 3.63) is 72.1 Å². The number of benzene rings is 2. The van der Waals surface area contributed by atoms with E-state index in [0.717, 1.165) is 17.6 Å². The molecule has 4 rings (SSSR count). The Labute approximate surface area is 187 Å². The molecule has 0 atom stereocenters. The lowest BCUT2D eigenvalue weighted by Crippen LogP contribution is -2.16. The predicted octanol–water partition coefficient (Wildman–Crippen LogP) is 4.59. The molecule has 4 aromatic rings. The van der Waals surface area contributed by atoms with Crippen LogP contribution < -0.4 is 15.8 Å². The van der Waals surface area contributed by atoms with Crippen molar-refractivity contribution in [2.75, 3.05) is 11.9 Å². The van der Waals surface area contributed by atoms with E-state index in [4.69, 9.17) is 10.5 Å². The predicted molar refractivity (Wildman–Crippen MR) is 118 cm³/mol. The van der Waals surface area contributed by atoms with Crippen LogP contribution in [0.5, 0.6) is 11.5 Å². The number of imidazole rings is 1. The minimum Gasteiger partial charge on any atom is -0.457 e. The van der Waals surface area contributed by atoms with Crippen LogP contribution >= 0.6 is 0 Å². The molecule has 7 nitrogen and oxygen atoms in total. The molecule has 3 N–H and O–H groups in total. The monoisotopic (exact) mass is 455 g/mol. The molecule has 0 fully saturated rings. The molecule has 0 unspecified atom stereocenters. The first kappa shape index (κ1) is 22.3. The second-order valence-corrected chi connectivity index (χ2v) is 7.35. The third-order valence-electron chi connectivity index (χ3n) is 4.95. The second kappa shape index (κ2) is 8.91. The highest BCUT2D eigenvalue weighted by molar-refractivity contribution is 5.82.